The smallest absolute Gasteiger partial charge is 0.240 e. The van der Waals surface area contributed by atoms with Gasteiger partial charge in [-0.3, -0.25) is 4.79 Å². The molecule has 0 bridgehead atoms. The Kier molecular flexibility index (Phi) is 4.52. The van der Waals surface area contributed by atoms with E-state index in [-0.39, 0.29) is 18.5 Å². The molecule has 4 rings (SSSR count). The van der Waals surface area contributed by atoms with Crippen molar-refractivity contribution in [3.05, 3.63) is 59.3 Å². The predicted molar refractivity (Wildman–Crippen MR) is 105 cm³/mol. The van der Waals surface area contributed by atoms with Crippen LogP contribution in [0.2, 0.25) is 0 Å². The minimum atomic E-state index is -0.0122. The summed E-state index contributed by atoms with van der Waals surface area (Å²) < 4.78 is 13.1. The second kappa shape index (κ2) is 6.99. The molecule has 2 aromatic carbocycles. The van der Waals surface area contributed by atoms with Crippen molar-refractivity contribution in [1.82, 2.24) is 9.88 Å². The van der Waals surface area contributed by atoms with Crippen molar-refractivity contribution >= 4 is 16.8 Å². The SMILES string of the molecule is COc1ccc2c(ccn2CC(=O)NC2CCOc3c(C)cc(C)cc32)c1. The minimum Gasteiger partial charge on any atom is -0.497 e. The molecule has 1 aliphatic rings. The molecular weight excluding hydrogens is 340 g/mol. The van der Waals surface area contributed by atoms with E-state index in [1.165, 1.54) is 5.56 Å². The summed E-state index contributed by atoms with van der Waals surface area (Å²) >= 11 is 0. The lowest BCUT2D eigenvalue weighted by atomic mass is 9.95. The van der Waals surface area contributed by atoms with Crippen LogP contribution in [0.15, 0.2) is 42.6 Å². The van der Waals surface area contributed by atoms with E-state index < -0.39 is 0 Å². The van der Waals surface area contributed by atoms with Gasteiger partial charge in [0.1, 0.15) is 18.0 Å². The quantitative estimate of drug-likeness (QED) is 0.764. The van der Waals surface area contributed by atoms with E-state index in [2.05, 4.69) is 31.3 Å². The Balaban J connectivity index is 1.53. The normalized spacial score (nSPS) is 15.9. The van der Waals surface area contributed by atoms with Gasteiger partial charge in [-0.1, -0.05) is 17.7 Å². The zero-order valence-corrected chi connectivity index (χ0v) is 15.9. The summed E-state index contributed by atoms with van der Waals surface area (Å²) in [5.74, 6) is 1.73. The van der Waals surface area contributed by atoms with E-state index in [1.54, 1.807) is 7.11 Å². The monoisotopic (exact) mass is 364 g/mol. The molecule has 2 heterocycles. The molecular formula is C22H24N2O3. The standard InChI is InChI=1S/C22H24N2O3/c1-14-10-15(2)22-18(11-14)19(7-9-27-22)23-21(25)13-24-8-6-16-12-17(26-3)4-5-20(16)24/h4-6,8,10-12,19H,7,9,13H2,1-3H3,(H,23,25). The fourth-order valence-electron chi connectivity index (χ4n) is 3.87. The van der Waals surface area contributed by atoms with Gasteiger partial charge in [0.25, 0.3) is 0 Å². The van der Waals surface area contributed by atoms with E-state index in [0.717, 1.165) is 39.9 Å². The zero-order valence-electron chi connectivity index (χ0n) is 15.9. The lowest BCUT2D eigenvalue weighted by molar-refractivity contribution is -0.122. The molecule has 0 saturated heterocycles. The molecule has 1 aromatic heterocycles. The second-order valence-corrected chi connectivity index (χ2v) is 7.13. The lowest BCUT2D eigenvalue weighted by Gasteiger charge is -2.28. The van der Waals surface area contributed by atoms with Crippen molar-refractivity contribution in [2.75, 3.05) is 13.7 Å². The molecule has 140 valence electrons. The maximum absolute atomic E-state index is 12.7. The van der Waals surface area contributed by atoms with Crippen LogP contribution < -0.4 is 14.8 Å². The van der Waals surface area contributed by atoms with Crippen LogP contribution in [0, 0.1) is 13.8 Å². The van der Waals surface area contributed by atoms with Crippen molar-refractivity contribution in [2.45, 2.75) is 32.9 Å². The lowest BCUT2D eigenvalue weighted by Crippen LogP contribution is -2.34. The highest BCUT2D eigenvalue weighted by atomic mass is 16.5. The third-order valence-electron chi connectivity index (χ3n) is 5.10. The summed E-state index contributed by atoms with van der Waals surface area (Å²) in [7, 11) is 1.65. The van der Waals surface area contributed by atoms with Crippen molar-refractivity contribution < 1.29 is 14.3 Å². The minimum absolute atomic E-state index is 0.000303. The molecule has 3 aromatic rings. The Morgan fingerprint density at radius 2 is 2.11 bits per heavy atom. The first kappa shape index (κ1) is 17.5. The molecule has 1 aliphatic heterocycles. The summed E-state index contributed by atoms with van der Waals surface area (Å²) in [5, 5.41) is 4.25. The number of carbonyl (C=O) groups is 1. The molecule has 5 nitrogen and oxygen atoms in total. The number of carbonyl (C=O) groups excluding carboxylic acids is 1. The van der Waals surface area contributed by atoms with Crippen LogP contribution in [-0.4, -0.2) is 24.2 Å². The fourth-order valence-corrected chi connectivity index (χ4v) is 3.87. The first-order valence-corrected chi connectivity index (χ1v) is 9.21. The number of nitrogens with one attached hydrogen (secondary N) is 1. The Morgan fingerprint density at radius 1 is 1.26 bits per heavy atom. The first-order valence-electron chi connectivity index (χ1n) is 9.21. The molecule has 0 saturated carbocycles. The number of ether oxygens (including phenoxy) is 2. The molecule has 1 atom stereocenters. The Hall–Kier alpha value is -2.95. The van der Waals surface area contributed by atoms with Crippen molar-refractivity contribution in [2.24, 2.45) is 0 Å². The summed E-state index contributed by atoms with van der Waals surface area (Å²) in [6.07, 6.45) is 2.72. The number of aromatic nitrogens is 1. The molecule has 0 spiro atoms. The number of aryl methyl sites for hydroxylation is 2. The number of nitrogens with zero attached hydrogens (tertiary/aromatic N) is 1. The van der Waals surface area contributed by atoms with Gasteiger partial charge in [-0.2, -0.15) is 0 Å². The molecule has 0 aliphatic carbocycles. The molecule has 1 amide bonds. The van der Waals surface area contributed by atoms with Crippen molar-refractivity contribution in [3.8, 4) is 11.5 Å². The van der Waals surface area contributed by atoms with Gasteiger partial charge in [0, 0.05) is 29.1 Å². The molecule has 5 heteroatoms. The van der Waals surface area contributed by atoms with Gasteiger partial charge >= 0.3 is 0 Å². The molecule has 1 N–H and O–H groups in total. The predicted octanol–water partition coefficient (Wildman–Crippen LogP) is 3.91. The third kappa shape index (κ3) is 3.37. The number of amides is 1. The number of rotatable bonds is 4. The van der Waals surface area contributed by atoms with E-state index in [4.69, 9.17) is 9.47 Å². The van der Waals surface area contributed by atoms with Crippen molar-refractivity contribution in [1.29, 1.82) is 0 Å². The number of hydrogen-bond donors (Lipinski definition) is 1. The molecule has 27 heavy (non-hydrogen) atoms. The topological polar surface area (TPSA) is 52.5 Å². The van der Waals surface area contributed by atoms with Crippen LogP contribution in [0.4, 0.5) is 0 Å². The number of methoxy groups -OCH3 is 1. The van der Waals surface area contributed by atoms with E-state index >= 15 is 0 Å². The zero-order chi connectivity index (χ0) is 19.0. The van der Waals surface area contributed by atoms with Gasteiger partial charge in [0.15, 0.2) is 0 Å². The summed E-state index contributed by atoms with van der Waals surface area (Å²) in [4.78, 5) is 12.7. The maximum atomic E-state index is 12.7. The Labute approximate surface area is 158 Å². The van der Waals surface area contributed by atoms with Crippen LogP contribution in [0.3, 0.4) is 0 Å². The van der Waals surface area contributed by atoms with Gasteiger partial charge < -0.3 is 19.4 Å². The van der Waals surface area contributed by atoms with Gasteiger partial charge in [-0.25, -0.2) is 0 Å². The van der Waals surface area contributed by atoms with E-state index in [0.29, 0.717) is 6.61 Å². The van der Waals surface area contributed by atoms with Gasteiger partial charge in [-0.15, -0.1) is 0 Å². The Bertz CT molecular complexity index is 1010. The highest BCUT2D eigenvalue weighted by molar-refractivity contribution is 5.84. The van der Waals surface area contributed by atoms with Crippen LogP contribution in [0.5, 0.6) is 11.5 Å². The van der Waals surface area contributed by atoms with Gasteiger partial charge in [0.05, 0.1) is 19.8 Å². The van der Waals surface area contributed by atoms with Gasteiger partial charge in [-0.05, 0) is 43.7 Å². The Morgan fingerprint density at radius 3 is 2.93 bits per heavy atom. The molecule has 0 radical (unpaired) electrons. The molecule has 1 unspecified atom stereocenters. The van der Waals surface area contributed by atoms with Crippen LogP contribution in [-0.2, 0) is 11.3 Å². The number of benzene rings is 2. The fraction of sp³-hybridized carbons (Fsp3) is 0.318. The highest BCUT2D eigenvalue weighted by Crippen LogP contribution is 2.35. The number of hydrogen-bond acceptors (Lipinski definition) is 3. The summed E-state index contributed by atoms with van der Waals surface area (Å²) in [5.41, 5.74) is 4.40. The number of fused-ring (bicyclic) bond motifs is 2. The van der Waals surface area contributed by atoms with Gasteiger partial charge in [0.2, 0.25) is 5.91 Å². The van der Waals surface area contributed by atoms with E-state index in [1.807, 2.05) is 35.0 Å². The third-order valence-corrected chi connectivity index (χ3v) is 5.10. The van der Waals surface area contributed by atoms with Crippen LogP contribution in [0.1, 0.15) is 29.2 Å². The maximum Gasteiger partial charge on any atom is 0.240 e. The average molecular weight is 364 g/mol. The first-order chi connectivity index (χ1) is 13.0. The molecule has 0 fully saturated rings. The second-order valence-electron chi connectivity index (χ2n) is 7.13. The van der Waals surface area contributed by atoms with E-state index in [9.17, 15) is 4.79 Å². The largest absolute Gasteiger partial charge is 0.497 e. The summed E-state index contributed by atoms with van der Waals surface area (Å²) in [6.45, 7) is 5.03. The summed E-state index contributed by atoms with van der Waals surface area (Å²) in [6, 6.07) is 12.1. The highest BCUT2D eigenvalue weighted by Gasteiger charge is 2.24. The average Bonchev–Trinajstić information content (AvgIpc) is 3.04. The van der Waals surface area contributed by atoms with Crippen molar-refractivity contribution in [3.63, 3.8) is 0 Å². The van der Waals surface area contributed by atoms with Crippen LogP contribution >= 0.6 is 0 Å². The van der Waals surface area contributed by atoms with Crippen LogP contribution in [0.25, 0.3) is 10.9 Å².